The first kappa shape index (κ1) is 22.9. The van der Waals surface area contributed by atoms with E-state index in [9.17, 15) is 14.0 Å². The van der Waals surface area contributed by atoms with Crippen molar-refractivity contribution in [3.63, 3.8) is 0 Å². The van der Waals surface area contributed by atoms with Gasteiger partial charge in [-0.2, -0.15) is 0 Å². The smallest absolute Gasteiger partial charge is 0.242 e. The van der Waals surface area contributed by atoms with E-state index in [2.05, 4.69) is 11.9 Å². The van der Waals surface area contributed by atoms with Gasteiger partial charge in [-0.3, -0.25) is 9.59 Å². The molecule has 2 aromatic carbocycles. The van der Waals surface area contributed by atoms with E-state index >= 15 is 0 Å². The summed E-state index contributed by atoms with van der Waals surface area (Å²) in [4.78, 5) is 27.1. The molecule has 0 saturated heterocycles. The minimum absolute atomic E-state index is 0.0701. The van der Waals surface area contributed by atoms with Crippen LogP contribution in [0, 0.1) is 5.82 Å². The van der Waals surface area contributed by atoms with Crippen LogP contribution in [-0.4, -0.2) is 43.5 Å². The first-order valence-electron chi connectivity index (χ1n) is 9.53. The minimum atomic E-state index is -0.720. The van der Waals surface area contributed by atoms with Crippen molar-refractivity contribution in [2.45, 2.75) is 25.9 Å². The molecule has 0 aromatic heterocycles. The number of rotatable bonds is 10. The predicted molar refractivity (Wildman–Crippen MR) is 113 cm³/mol. The minimum Gasteiger partial charge on any atom is -0.493 e. The van der Waals surface area contributed by atoms with E-state index in [0.29, 0.717) is 18.0 Å². The largest absolute Gasteiger partial charge is 0.493 e. The topological polar surface area (TPSA) is 67.9 Å². The summed E-state index contributed by atoms with van der Waals surface area (Å²) in [6.07, 6.45) is 1.64. The van der Waals surface area contributed by atoms with Gasteiger partial charge in [-0.25, -0.2) is 4.39 Å². The molecule has 1 atom stereocenters. The summed E-state index contributed by atoms with van der Waals surface area (Å²) >= 11 is 0. The molecule has 0 spiro atoms. The second kappa shape index (κ2) is 11.0. The summed E-state index contributed by atoms with van der Waals surface area (Å²) in [5, 5.41) is 2.71. The molecule has 0 radical (unpaired) electrons. The number of methoxy groups -OCH3 is 2. The van der Waals surface area contributed by atoms with Crippen molar-refractivity contribution in [1.82, 2.24) is 10.2 Å². The molecule has 0 aliphatic heterocycles. The lowest BCUT2D eigenvalue weighted by atomic mass is 10.1. The fourth-order valence-corrected chi connectivity index (χ4v) is 2.96. The number of nitrogens with zero attached hydrogens (tertiary/aromatic N) is 1. The Bertz CT molecular complexity index is 883. The summed E-state index contributed by atoms with van der Waals surface area (Å²) in [5.74, 6) is 0.183. The van der Waals surface area contributed by atoms with Crippen molar-refractivity contribution in [2.75, 3.05) is 20.8 Å². The van der Waals surface area contributed by atoms with E-state index in [1.807, 2.05) is 0 Å². The summed E-state index contributed by atoms with van der Waals surface area (Å²) in [6.45, 7) is 5.72. The number of hydrogen-bond donors (Lipinski definition) is 1. The van der Waals surface area contributed by atoms with Crippen LogP contribution in [0.3, 0.4) is 0 Å². The van der Waals surface area contributed by atoms with E-state index in [-0.39, 0.29) is 30.6 Å². The normalized spacial score (nSPS) is 11.3. The van der Waals surface area contributed by atoms with Gasteiger partial charge < -0.3 is 19.7 Å². The van der Waals surface area contributed by atoms with E-state index in [1.54, 1.807) is 43.3 Å². The number of nitrogens with one attached hydrogen (secondary N) is 1. The maximum atomic E-state index is 13.3. The van der Waals surface area contributed by atoms with Crippen LogP contribution in [0.5, 0.6) is 11.5 Å². The maximum Gasteiger partial charge on any atom is 0.242 e. The SMILES string of the molecule is C=CCNC(=O)[C@H](C)N(Cc1ccc(F)cc1)C(=O)Cc1ccc(OC)c(OC)c1. The molecule has 0 aliphatic carbocycles. The summed E-state index contributed by atoms with van der Waals surface area (Å²) in [5.41, 5.74) is 1.45. The summed E-state index contributed by atoms with van der Waals surface area (Å²) in [6, 6.07) is 10.4. The Morgan fingerprint density at radius 3 is 2.33 bits per heavy atom. The van der Waals surface area contributed by atoms with Gasteiger partial charge in [0.05, 0.1) is 20.6 Å². The van der Waals surface area contributed by atoms with Crippen LogP contribution in [0.4, 0.5) is 4.39 Å². The average Bonchev–Trinajstić information content (AvgIpc) is 2.76. The van der Waals surface area contributed by atoms with E-state index < -0.39 is 6.04 Å². The van der Waals surface area contributed by atoms with Crippen LogP contribution in [0.25, 0.3) is 0 Å². The number of carbonyl (C=O) groups excluding carboxylic acids is 2. The van der Waals surface area contributed by atoms with Gasteiger partial charge in [0.15, 0.2) is 11.5 Å². The van der Waals surface area contributed by atoms with E-state index in [0.717, 1.165) is 11.1 Å². The van der Waals surface area contributed by atoms with Gasteiger partial charge in [0.2, 0.25) is 11.8 Å². The number of hydrogen-bond acceptors (Lipinski definition) is 4. The van der Waals surface area contributed by atoms with Gasteiger partial charge in [0.25, 0.3) is 0 Å². The van der Waals surface area contributed by atoms with Crippen LogP contribution in [-0.2, 0) is 22.6 Å². The van der Waals surface area contributed by atoms with Gasteiger partial charge >= 0.3 is 0 Å². The van der Waals surface area contributed by atoms with Crippen molar-refractivity contribution in [1.29, 1.82) is 0 Å². The third-order valence-electron chi connectivity index (χ3n) is 4.66. The summed E-state index contributed by atoms with van der Waals surface area (Å²) in [7, 11) is 3.06. The number of benzene rings is 2. The molecular weight excluding hydrogens is 387 g/mol. The molecule has 0 fully saturated rings. The molecule has 6 nitrogen and oxygen atoms in total. The van der Waals surface area contributed by atoms with Crippen LogP contribution >= 0.6 is 0 Å². The Labute approximate surface area is 176 Å². The molecule has 1 N–H and O–H groups in total. The molecule has 0 bridgehead atoms. The number of halogens is 1. The second-order valence-corrected chi connectivity index (χ2v) is 6.72. The van der Waals surface area contributed by atoms with Crippen molar-refractivity contribution >= 4 is 11.8 Å². The zero-order valence-electron chi connectivity index (χ0n) is 17.5. The standard InChI is InChI=1S/C23H27FN2O4/c1-5-12-25-23(28)16(2)26(15-17-6-9-19(24)10-7-17)22(27)14-18-8-11-20(29-3)21(13-18)30-4/h5-11,13,16H,1,12,14-15H2,2-4H3,(H,25,28)/t16-/m0/s1. The molecule has 0 aliphatic rings. The lowest BCUT2D eigenvalue weighted by molar-refractivity contribution is -0.140. The van der Waals surface area contributed by atoms with Crippen LogP contribution < -0.4 is 14.8 Å². The molecule has 0 heterocycles. The number of carbonyl (C=O) groups is 2. The van der Waals surface area contributed by atoms with E-state index in [4.69, 9.17) is 9.47 Å². The number of ether oxygens (including phenoxy) is 2. The first-order chi connectivity index (χ1) is 14.4. The quantitative estimate of drug-likeness (QED) is 0.607. The van der Waals surface area contributed by atoms with Crippen LogP contribution in [0.1, 0.15) is 18.1 Å². The van der Waals surface area contributed by atoms with Crippen LogP contribution in [0.15, 0.2) is 55.1 Å². The van der Waals surface area contributed by atoms with Gasteiger partial charge in [0, 0.05) is 13.1 Å². The molecule has 160 valence electrons. The fourth-order valence-electron chi connectivity index (χ4n) is 2.96. The second-order valence-electron chi connectivity index (χ2n) is 6.72. The Balaban J connectivity index is 2.25. The third-order valence-corrected chi connectivity index (χ3v) is 4.66. The molecule has 7 heteroatoms. The monoisotopic (exact) mass is 414 g/mol. The third kappa shape index (κ3) is 6.07. The maximum absolute atomic E-state index is 13.3. The molecule has 0 unspecified atom stereocenters. The Hall–Kier alpha value is -3.35. The molecular formula is C23H27FN2O4. The summed E-state index contributed by atoms with van der Waals surface area (Å²) < 4.78 is 23.8. The number of amides is 2. The predicted octanol–water partition coefficient (Wildman–Crippen LogP) is 3.10. The highest BCUT2D eigenvalue weighted by atomic mass is 19.1. The molecule has 2 rings (SSSR count). The van der Waals surface area contributed by atoms with Crippen molar-refractivity contribution in [2.24, 2.45) is 0 Å². The lowest BCUT2D eigenvalue weighted by Gasteiger charge is -2.29. The molecule has 2 amide bonds. The van der Waals surface area contributed by atoms with Gasteiger partial charge in [-0.1, -0.05) is 24.3 Å². The molecule has 2 aromatic rings. The van der Waals surface area contributed by atoms with Gasteiger partial charge in [-0.15, -0.1) is 6.58 Å². The Morgan fingerprint density at radius 1 is 1.10 bits per heavy atom. The van der Waals surface area contributed by atoms with Crippen molar-refractivity contribution in [3.8, 4) is 11.5 Å². The van der Waals surface area contributed by atoms with Gasteiger partial charge in [0.1, 0.15) is 11.9 Å². The van der Waals surface area contributed by atoms with Crippen molar-refractivity contribution < 1.29 is 23.5 Å². The average molecular weight is 414 g/mol. The van der Waals surface area contributed by atoms with Crippen LogP contribution in [0.2, 0.25) is 0 Å². The molecule has 0 saturated carbocycles. The lowest BCUT2D eigenvalue weighted by Crippen LogP contribution is -2.48. The highest BCUT2D eigenvalue weighted by molar-refractivity contribution is 5.88. The highest BCUT2D eigenvalue weighted by Crippen LogP contribution is 2.28. The highest BCUT2D eigenvalue weighted by Gasteiger charge is 2.26. The molecule has 30 heavy (non-hydrogen) atoms. The zero-order valence-corrected chi connectivity index (χ0v) is 17.5. The van der Waals surface area contributed by atoms with Gasteiger partial charge in [-0.05, 0) is 42.3 Å². The zero-order chi connectivity index (χ0) is 22.1. The van der Waals surface area contributed by atoms with Crippen molar-refractivity contribution in [3.05, 3.63) is 72.1 Å². The van der Waals surface area contributed by atoms with E-state index in [1.165, 1.54) is 31.3 Å². The fraction of sp³-hybridized carbons (Fsp3) is 0.304. The Morgan fingerprint density at radius 2 is 1.73 bits per heavy atom. The first-order valence-corrected chi connectivity index (χ1v) is 9.53. The Kier molecular flexibility index (Phi) is 8.41.